The lowest BCUT2D eigenvalue weighted by Gasteiger charge is -2.49. The summed E-state index contributed by atoms with van der Waals surface area (Å²) in [5.41, 5.74) is 3.19. The molecule has 0 unspecified atom stereocenters. The monoisotopic (exact) mass is 392 g/mol. The van der Waals surface area contributed by atoms with Crippen molar-refractivity contribution in [1.82, 2.24) is 5.32 Å². The minimum absolute atomic E-state index is 0.0525. The van der Waals surface area contributed by atoms with Crippen molar-refractivity contribution in [2.75, 3.05) is 29.4 Å². The first kappa shape index (κ1) is 18.0. The number of rotatable bonds is 4. The van der Waals surface area contributed by atoms with Gasteiger partial charge in [-0.15, -0.1) is 0 Å². The van der Waals surface area contributed by atoms with Crippen molar-refractivity contribution in [3.8, 4) is 0 Å². The summed E-state index contributed by atoms with van der Waals surface area (Å²) < 4.78 is 0. The Kier molecular flexibility index (Phi) is 4.38. The Hall–Kier alpha value is -3.09. The van der Waals surface area contributed by atoms with Crippen LogP contribution in [0.3, 0.4) is 0 Å². The average molecular weight is 392 g/mol. The fourth-order valence-electron chi connectivity index (χ4n) is 4.63. The number of carbonyl (C=O) groups is 1. The first-order valence-electron chi connectivity index (χ1n) is 10.2. The number of nitrogens with one attached hydrogen (secondary N) is 1. The van der Waals surface area contributed by atoms with Gasteiger partial charge in [-0.2, -0.15) is 0 Å². The average Bonchev–Trinajstić information content (AvgIpc) is 3.56. The summed E-state index contributed by atoms with van der Waals surface area (Å²) in [5.74, 6) is -0.133. The van der Waals surface area contributed by atoms with Crippen LogP contribution in [-0.4, -0.2) is 42.5 Å². The molecule has 5 rings (SSSR count). The van der Waals surface area contributed by atoms with Crippen LogP contribution in [0.1, 0.15) is 18.4 Å². The van der Waals surface area contributed by atoms with E-state index in [2.05, 4.69) is 27.2 Å². The number of nitro benzene ring substituents is 1. The zero-order valence-electron chi connectivity index (χ0n) is 16.2. The van der Waals surface area contributed by atoms with Gasteiger partial charge in [0.15, 0.2) is 0 Å². The lowest BCUT2D eigenvalue weighted by atomic mass is 9.83. The number of nitrogens with zero attached hydrogens (tertiary/aromatic N) is 3. The largest absolute Gasteiger partial charge is 0.368 e. The van der Waals surface area contributed by atoms with Gasteiger partial charge in [0.05, 0.1) is 16.9 Å². The summed E-state index contributed by atoms with van der Waals surface area (Å²) in [4.78, 5) is 28.6. The molecule has 1 amide bonds. The molecule has 2 aromatic carbocycles. The predicted molar refractivity (Wildman–Crippen MR) is 111 cm³/mol. The van der Waals surface area contributed by atoms with E-state index in [9.17, 15) is 14.9 Å². The maximum Gasteiger partial charge on any atom is 0.269 e. The Bertz CT molecular complexity index is 944. The quantitative estimate of drug-likeness (QED) is 0.639. The fourth-order valence-corrected chi connectivity index (χ4v) is 4.63. The van der Waals surface area contributed by atoms with E-state index in [1.807, 2.05) is 24.3 Å². The van der Waals surface area contributed by atoms with Crippen LogP contribution in [-0.2, 0) is 11.2 Å². The first-order chi connectivity index (χ1) is 14.1. The number of para-hydroxylation sites is 1. The highest BCUT2D eigenvalue weighted by Gasteiger charge is 2.43. The number of fused-ring (bicyclic) bond motifs is 3. The molecule has 150 valence electrons. The number of carbonyl (C=O) groups excluding carboxylic acids is 1. The van der Waals surface area contributed by atoms with Gasteiger partial charge in [0, 0.05) is 49.2 Å². The van der Waals surface area contributed by atoms with Crippen LogP contribution in [0.15, 0.2) is 48.5 Å². The van der Waals surface area contributed by atoms with Crippen molar-refractivity contribution in [3.05, 3.63) is 64.2 Å². The molecular weight excluding hydrogens is 368 g/mol. The Morgan fingerprint density at radius 3 is 2.62 bits per heavy atom. The zero-order valence-corrected chi connectivity index (χ0v) is 16.2. The van der Waals surface area contributed by atoms with Crippen molar-refractivity contribution >= 4 is 23.0 Å². The van der Waals surface area contributed by atoms with Gasteiger partial charge in [-0.1, -0.05) is 18.2 Å². The molecule has 0 spiro atoms. The topological polar surface area (TPSA) is 78.7 Å². The molecule has 2 heterocycles. The third kappa shape index (κ3) is 3.41. The summed E-state index contributed by atoms with van der Waals surface area (Å²) in [6, 6.07) is 15.7. The van der Waals surface area contributed by atoms with E-state index in [4.69, 9.17) is 0 Å². The van der Waals surface area contributed by atoms with Crippen molar-refractivity contribution in [2.45, 2.75) is 31.3 Å². The maximum absolute atomic E-state index is 13.1. The number of piperazine rings is 1. The fraction of sp³-hybridized carbons (Fsp3) is 0.409. The predicted octanol–water partition coefficient (Wildman–Crippen LogP) is 2.74. The highest BCUT2D eigenvalue weighted by molar-refractivity contribution is 5.83. The van der Waals surface area contributed by atoms with Gasteiger partial charge in [0.1, 0.15) is 0 Å². The highest BCUT2D eigenvalue weighted by atomic mass is 16.6. The minimum Gasteiger partial charge on any atom is -0.368 e. The van der Waals surface area contributed by atoms with Gasteiger partial charge in [0.2, 0.25) is 5.91 Å². The number of amides is 1. The molecular formula is C22H24N4O3. The molecule has 7 nitrogen and oxygen atoms in total. The van der Waals surface area contributed by atoms with E-state index in [-0.39, 0.29) is 28.5 Å². The lowest BCUT2D eigenvalue weighted by Crippen LogP contribution is -2.61. The van der Waals surface area contributed by atoms with E-state index >= 15 is 0 Å². The summed E-state index contributed by atoms with van der Waals surface area (Å²) >= 11 is 0. The standard InChI is InChI=1S/C22H24N4O3/c27-22(23-16-6-7-16)19-13-15-12-18(26(28)29)8-9-20(15)25-11-10-24(14-21(19)25)17-4-2-1-3-5-17/h1-5,8-9,12,16,19,21H,6-7,10-11,13-14H2,(H,23,27)/t19-,21-/m0/s1. The molecule has 7 heteroatoms. The molecule has 1 N–H and O–H groups in total. The minimum atomic E-state index is -0.362. The number of non-ortho nitro benzene ring substituents is 1. The molecule has 0 aromatic heterocycles. The van der Waals surface area contributed by atoms with Crippen molar-refractivity contribution in [2.24, 2.45) is 5.92 Å². The normalized spacial score (nSPS) is 23.2. The molecule has 29 heavy (non-hydrogen) atoms. The van der Waals surface area contributed by atoms with Gasteiger partial charge in [-0.25, -0.2) is 0 Å². The number of hydrogen-bond acceptors (Lipinski definition) is 5. The summed E-state index contributed by atoms with van der Waals surface area (Å²) in [6.45, 7) is 2.41. The van der Waals surface area contributed by atoms with Crippen LogP contribution in [0.5, 0.6) is 0 Å². The van der Waals surface area contributed by atoms with Gasteiger partial charge in [-0.05, 0) is 43.0 Å². The van der Waals surface area contributed by atoms with E-state index in [1.165, 1.54) is 5.69 Å². The van der Waals surface area contributed by atoms with E-state index in [0.717, 1.165) is 43.7 Å². The second-order valence-electron chi connectivity index (χ2n) is 8.21. The number of anilines is 2. The Morgan fingerprint density at radius 1 is 1.10 bits per heavy atom. The summed E-state index contributed by atoms with van der Waals surface area (Å²) in [7, 11) is 0. The second-order valence-corrected chi connectivity index (χ2v) is 8.21. The lowest BCUT2D eigenvalue weighted by molar-refractivity contribution is -0.384. The molecule has 2 fully saturated rings. The SMILES string of the molecule is O=C(NC1CC1)[C@H]1Cc2cc([N+](=O)[O-])ccc2N2CCN(c3ccccc3)C[C@@H]12. The molecule has 1 saturated carbocycles. The van der Waals surface area contributed by atoms with E-state index in [0.29, 0.717) is 12.5 Å². The van der Waals surface area contributed by atoms with E-state index < -0.39 is 0 Å². The van der Waals surface area contributed by atoms with E-state index in [1.54, 1.807) is 12.1 Å². The molecule has 0 radical (unpaired) electrons. The molecule has 1 saturated heterocycles. The molecule has 2 aromatic rings. The van der Waals surface area contributed by atoms with Gasteiger partial charge in [0.25, 0.3) is 5.69 Å². The van der Waals surface area contributed by atoms with Crippen LogP contribution in [0.2, 0.25) is 0 Å². The number of nitro groups is 1. The van der Waals surface area contributed by atoms with Crippen LogP contribution >= 0.6 is 0 Å². The van der Waals surface area contributed by atoms with Gasteiger partial charge in [-0.3, -0.25) is 14.9 Å². The molecule has 2 atom stereocenters. The zero-order chi connectivity index (χ0) is 20.0. The first-order valence-corrected chi connectivity index (χ1v) is 10.2. The van der Waals surface area contributed by atoms with Crippen LogP contribution < -0.4 is 15.1 Å². The molecule has 3 aliphatic rings. The maximum atomic E-state index is 13.1. The third-order valence-corrected chi connectivity index (χ3v) is 6.29. The van der Waals surface area contributed by atoms with Gasteiger partial charge < -0.3 is 15.1 Å². The number of benzene rings is 2. The Morgan fingerprint density at radius 2 is 1.90 bits per heavy atom. The highest BCUT2D eigenvalue weighted by Crippen LogP contribution is 2.39. The molecule has 2 aliphatic heterocycles. The molecule has 1 aliphatic carbocycles. The Labute approximate surface area is 169 Å². The van der Waals surface area contributed by atoms with Crippen molar-refractivity contribution < 1.29 is 9.72 Å². The molecule has 0 bridgehead atoms. The Balaban J connectivity index is 1.48. The second kappa shape index (κ2) is 7.06. The van der Waals surface area contributed by atoms with Crippen molar-refractivity contribution in [3.63, 3.8) is 0 Å². The van der Waals surface area contributed by atoms with Crippen LogP contribution in [0, 0.1) is 16.0 Å². The van der Waals surface area contributed by atoms with Gasteiger partial charge >= 0.3 is 0 Å². The summed E-state index contributed by atoms with van der Waals surface area (Å²) in [5, 5.41) is 14.4. The van der Waals surface area contributed by atoms with Crippen LogP contribution in [0.4, 0.5) is 17.1 Å². The van der Waals surface area contributed by atoms with Crippen molar-refractivity contribution in [1.29, 1.82) is 0 Å². The summed E-state index contributed by atoms with van der Waals surface area (Å²) in [6.07, 6.45) is 2.63. The van der Waals surface area contributed by atoms with Crippen LogP contribution in [0.25, 0.3) is 0 Å². The number of hydrogen-bond donors (Lipinski definition) is 1. The third-order valence-electron chi connectivity index (χ3n) is 6.29. The smallest absolute Gasteiger partial charge is 0.269 e.